The van der Waals surface area contributed by atoms with Gasteiger partial charge in [-0.3, -0.25) is 15.1 Å². The molecule has 1 aromatic carbocycles. The molecule has 5 rings (SSSR count). The average Bonchev–Trinajstić information content (AvgIpc) is 3.49. The summed E-state index contributed by atoms with van der Waals surface area (Å²) < 4.78 is 11.8. The van der Waals surface area contributed by atoms with Gasteiger partial charge in [-0.2, -0.15) is 0 Å². The molecule has 8 nitrogen and oxygen atoms in total. The number of methoxy groups -OCH3 is 1. The first-order chi connectivity index (χ1) is 16.6. The second kappa shape index (κ2) is 9.42. The molecular weight excluding hydrogens is 452 g/mol. The van der Waals surface area contributed by atoms with E-state index in [-0.39, 0.29) is 17.8 Å². The van der Waals surface area contributed by atoms with Crippen LogP contribution >= 0.6 is 12.2 Å². The summed E-state index contributed by atoms with van der Waals surface area (Å²) >= 11 is 5.82. The number of furan rings is 1. The van der Waals surface area contributed by atoms with E-state index in [0.717, 1.165) is 29.4 Å². The Hall–Kier alpha value is -3.46. The number of thiocarbonyl (C=S) groups is 1. The summed E-state index contributed by atoms with van der Waals surface area (Å²) in [6, 6.07) is 14.3. The van der Waals surface area contributed by atoms with Crippen LogP contribution in [0.4, 0.5) is 5.69 Å². The molecule has 0 bridgehead atoms. The first-order valence-electron chi connectivity index (χ1n) is 11.5. The van der Waals surface area contributed by atoms with Gasteiger partial charge in [0.15, 0.2) is 5.11 Å². The van der Waals surface area contributed by atoms with Gasteiger partial charge in [0.1, 0.15) is 23.3 Å². The fraction of sp³-hybridized carbons (Fsp3) is 0.360. The number of hydrogen-bond donors (Lipinski definition) is 1. The molecule has 0 amide bonds. The molecule has 3 aromatic rings. The summed E-state index contributed by atoms with van der Waals surface area (Å²) in [6.07, 6.45) is 7.61. The van der Waals surface area contributed by atoms with Crippen LogP contribution in [0.3, 0.4) is 0 Å². The van der Waals surface area contributed by atoms with Gasteiger partial charge in [-0.15, -0.1) is 0 Å². The molecule has 2 aliphatic rings. The topological polar surface area (TPSA) is 93.7 Å². The number of nitrogens with zero attached hydrogens (tertiary/aromatic N) is 3. The molecular formula is C25H26N4O4S. The first-order valence-corrected chi connectivity index (χ1v) is 11.9. The van der Waals surface area contributed by atoms with Crippen LogP contribution in [0.2, 0.25) is 0 Å². The Morgan fingerprint density at radius 2 is 2.00 bits per heavy atom. The first kappa shape index (κ1) is 22.3. The molecule has 1 N–H and O–H groups in total. The van der Waals surface area contributed by atoms with Crippen LogP contribution in [0, 0.1) is 10.1 Å². The number of ether oxygens (including phenoxy) is 1. The smallest absolute Gasteiger partial charge is 0.273 e. The van der Waals surface area contributed by atoms with E-state index in [0.29, 0.717) is 23.1 Å². The van der Waals surface area contributed by atoms with E-state index < -0.39 is 4.92 Å². The maximum atomic E-state index is 11.2. The summed E-state index contributed by atoms with van der Waals surface area (Å²) in [5.41, 5.74) is 1.53. The molecule has 3 heterocycles. The number of rotatable bonds is 6. The maximum absolute atomic E-state index is 11.2. The fourth-order valence-corrected chi connectivity index (χ4v) is 5.47. The molecule has 1 aliphatic heterocycles. The monoisotopic (exact) mass is 478 g/mol. The van der Waals surface area contributed by atoms with Gasteiger partial charge in [-0.25, -0.2) is 0 Å². The average molecular weight is 479 g/mol. The summed E-state index contributed by atoms with van der Waals surface area (Å²) in [4.78, 5) is 17.6. The highest BCUT2D eigenvalue weighted by Gasteiger charge is 2.44. The highest BCUT2D eigenvalue weighted by Crippen LogP contribution is 2.44. The molecule has 2 fully saturated rings. The number of benzene rings is 1. The molecule has 0 unspecified atom stereocenters. The Kier molecular flexibility index (Phi) is 6.19. The maximum Gasteiger partial charge on any atom is 0.273 e. The van der Waals surface area contributed by atoms with Gasteiger partial charge in [0.2, 0.25) is 0 Å². The molecule has 2 aromatic heterocycles. The SMILES string of the molecule is COc1cc([N+](=O)[O-])ccc1-c1ccc([C@@H]2[C@H](c3ccccn3)NC(=S)N2C2CCCCC2)o1. The lowest BCUT2D eigenvalue weighted by atomic mass is 9.92. The standard InChI is InChI=1S/C25H26N4O4S/c1-32-22-15-17(29(30)31)10-11-18(22)20-12-13-21(33-20)24-23(19-9-5-6-14-26-19)27-25(34)28(24)16-7-3-2-4-8-16/h5-6,9-16,23-24H,2-4,7-8H2,1H3,(H,27,34)/t23-,24+/m0/s1. The van der Waals surface area contributed by atoms with Gasteiger partial charge in [0.05, 0.1) is 35.4 Å². The lowest BCUT2D eigenvalue weighted by Crippen LogP contribution is -2.40. The Morgan fingerprint density at radius 3 is 2.71 bits per heavy atom. The van der Waals surface area contributed by atoms with Gasteiger partial charge in [0, 0.05) is 18.3 Å². The summed E-state index contributed by atoms with van der Waals surface area (Å²) in [7, 11) is 1.49. The predicted molar refractivity (Wildman–Crippen MR) is 132 cm³/mol. The van der Waals surface area contributed by atoms with E-state index in [4.69, 9.17) is 21.4 Å². The van der Waals surface area contributed by atoms with E-state index >= 15 is 0 Å². The second-order valence-electron chi connectivity index (χ2n) is 8.67. The minimum absolute atomic E-state index is 0.0311. The van der Waals surface area contributed by atoms with Crippen molar-refractivity contribution in [1.82, 2.24) is 15.2 Å². The molecule has 34 heavy (non-hydrogen) atoms. The molecule has 176 valence electrons. The Balaban J connectivity index is 1.54. The molecule has 1 aliphatic carbocycles. The number of hydrogen-bond acceptors (Lipinski definition) is 6. The third-order valence-electron chi connectivity index (χ3n) is 6.68. The largest absolute Gasteiger partial charge is 0.496 e. The normalized spacial score (nSPS) is 20.9. The highest BCUT2D eigenvalue weighted by atomic mass is 32.1. The van der Waals surface area contributed by atoms with E-state index in [1.807, 2.05) is 30.3 Å². The van der Waals surface area contributed by atoms with Crippen LogP contribution < -0.4 is 10.1 Å². The van der Waals surface area contributed by atoms with Gasteiger partial charge in [0.25, 0.3) is 5.69 Å². The zero-order valence-corrected chi connectivity index (χ0v) is 19.7. The lowest BCUT2D eigenvalue weighted by molar-refractivity contribution is -0.384. The van der Waals surface area contributed by atoms with Crippen LogP contribution in [0.5, 0.6) is 5.75 Å². The van der Waals surface area contributed by atoms with E-state index in [9.17, 15) is 10.1 Å². The van der Waals surface area contributed by atoms with Crippen molar-refractivity contribution in [3.05, 3.63) is 76.3 Å². The molecule has 9 heteroatoms. The summed E-state index contributed by atoms with van der Waals surface area (Å²) in [5, 5.41) is 15.4. The zero-order chi connectivity index (χ0) is 23.7. The quantitative estimate of drug-likeness (QED) is 0.279. The third kappa shape index (κ3) is 4.11. The Labute approximate surface area is 203 Å². The van der Waals surface area contributed by atoms with Gasteiger partial charge >= 0.3 is 0 Å². The van der Waals surface area contributed by atoms with Crippen molar-refractivity contribution in [2.75, 3.05) is 7.11 Å². The molecule has 2 atom stereocenters. The van der Waals surface area contributed by atoms with E-state index in [2.05, 4.69) is 15.2 Å². The number of pyridine rings is 1. The predicted octanol–water partition coefficient (Wildman–Crippen LogP) is 5.56. The molecule has 1 saturated carbocycles. The summed E-state index contributed by atoms with van der Waals surface area (Å²) in [6.45, 7) is 0. The lowest BCUT2D eigenvalue weighted by Gasteiger charge is -2.36. The molecule has 1 saturated heterocycles. The van der Waals surface area contributed by atoms with Crippen molar-refractivity contribution in [1.29, 1.82) is 0 Å². The van der Waals surface area contributed by atoms with Crippen molar-refractivity contribution >= 4 is 23.0 Å². The van der Waals surface area contributed by atoms with Crippen LogP contribution in [-0.2, 0) is 0 Å². The molecule has 0 spiro atoms. The molecule has 0 radical (unpaired) electrons. The van der Waals surface area contributed by atoms with Crippen LogP contribution in [0.1, 0.15) is 55.6 Å². The van der Waals surface area contributed by atoms with Crippen LogP contribution in [0.15, 0.2) is 59.1 Å². The summed E-state index contributed by atoms with van der Waals surface area (Å²) in [5.74, 6) is 1.74. The second-order valence-corrected chi connectivity index (χ2v) is 9.06. The fourth-order valence-electron chi connectivity index (χ4n) is 5.08. The van der Waals surface area contributed by atoms with Gasteiger partial charge in [-0.1, -0.05) is 25.3 Å². The van der Waals surface area contributed by atoms with Crippen molar-refractivity contribution < 1.29 is 14.1 Å². The van der Waals surface area contributed by atoms with Crippen molar-refractivity contribution in [3.8, 4) is 17.1 Å². The number of non-ortho nitro benzene ring substituents is 1. The van der Waals surface area contributed by atoms with E-state index in [1.165, 1.54) is 38.5 Å². The minimum Gasteiger partial charge on any atom is -0.496 e. The van der Waals surface area contributed by atoms with Crippen molar-refractivity contribution in [2.45, 2.75) is 50.2 Å². The number of aromatic nitrogens is 1. The minimum atomic E-state index is -0.440. The number of nitrogens with one attached hydrogen (secondary N) is 1. The number of nitro groups is 1. The van der Waals surface area contributed by atoms with E-state index in [1.54, 1.807) is 12.3 Å². The van der Waals surface area contributed by atoms with Crippen LogP contribution in [0.25, 0.3) is 11.3 Å². The number of nitro benzene ring substituents is 1. The zero-order valence-electron chi connectivity index (χ0n) is 18.8. The Morgan fingerprint density at radius 1 is 1.18 bits per heavy atom. The Bertz CT molecular complexity index is 1190. The van der Waals surface area contributed by atoms with Crippen LogP contribution in [-0.4, -0.2) is 33.1 Å². The van der Waals surface area contributed by atoms with Gasteiger partial charge in [-0.05, 0) is 55.4 Å². The van der Waals surface area contributed by atoms with Crippen molar-refractivity contribution in [2.24, 2.45) is 0 Å². The van der Waals surface area contributed by atoms with Crippen molar-refractivity contribution in [3.63, 3.8) is 0 Å². The third-order valence-corrected chi connectivity index (χ3v) is 7.01. The highest BCUT2D eigenvalue weighted by molar-refractivity contribution is 7.80. The van der Waals surface area contributed by atoms with Gasteiger partial charge < -0.3 is 19.4 Å².